The number of benzene rings is 2. The van der Waals surface area contributed by atoms with Crippen LogP contribution in [0.4, 0.5) is 10.1 Å². The van der Waals surface area contributed by atoms with Crippen molar-refractivity contribution in [1.82, 2.24) is 4.90 Å². The molecule has 0 aromatic heterocycles. The summed E-state index contributed by atoms with van der Waals surface area (Å²) in [5.41, 5.74) is 1.30. The van der Waals surface area contributed by atoms with Gasteiger partial charge in [0.1, 0.15) is 23.8 Å². The molecule has 0 radical (unpaired) electrons. The number of hydrogen-bond donors (Lipinski definition) is 0. The Kier molecular flexibility index (Phi) is 4.85. The molecule has 2 aromatic carbocycles. The highest BCUT2D eigenvalue weighted by Crippen LogP contribution is 2.33. The van der Waals surface area contributed by atoms with E-state index in [1.54, 1.807) is 24.1 Å². The topological polar surface area (TPSA) is 42.0 Å². The number of carbonyl (C=O) groups excluding carboxylic acids is 1. The minimum atomic E-state index is -0.414. The normalized spacial score (nSPS) is 23.2. The van der Waals surface area contributed by atoms with E-state index in [1.165, 1.54) is 12.1 Å². The number of hydrogen-bond acceptors (Lipinski definition) is 4. The molecule has 27 heavy (non-hydrogen) atoms. The lowest BCUT2D eigenvalue weighted by atomic mass is 10.00. The summed E-state index contributed by atoms with van der Waals surface area (Å²) in [6.45, 7) is 2.84. The molecule has 5 nitrogen and oxygen atoms in total. The fraction of sp³-hybridized carbons (Fsp3) is 0.381. The molecular formula is C21H23FN2O3. The minimum absolute atomic E-state index is 0.0268. The van der Waals surface area contributed by atoms with Gasteiger partial charge < -0.3 is 14.4 Å². The third kappa shape index (κ3) is 3.68. The second kappa shape index (κ2) is 7.29. The van der Waals surface area contributed by atoms with Crippen molar-refractivity contribution in [2.75, 3.05) is 38.3 Å². The zero-order valence-corrected chi connectivity index (χ0v) is 15.4. The van der Waals surface area contributed by atoms with Gasteiger partial charge in [0.25, 0.3) is 5.91 Å². The number of carbonyl (C=O) groups is 1. The van der Waals surface area contributed by atoms with Gasteiger partial charge in [0, 0.05) is 30.9 Å². The van der Waals surface area contributed by atoms with Crippen molar-refractivity contribution in [1.29, 1.82) is 0 Å². The molecule has 0 bridgehead atoms. The van der Waals surface area contributed by atoms with Crippen molar-refractivity contribution in [3.63, 3.8) is 0 Å². The van der Waals surface area contributed by atoms with Gasteiger partial charge in [-0.25, -0.2) is 4.39 Å². The van der Waals surface area contributed by atoms with Gasteiger partial charge in [-0.1, -0.05) is 24.3 Å². The Morgan fingerprint density at radius 2 is 2.04 bits per heavy atom. The van der Waals surface area contributed by atoms with Crippen LogP contribution in [-0.2, 0) is 16.1 Å². The van der Waals surface area contributed by atoms with E-state index >= 15 is 0 Å². The molecule has 2 aliphatic heterocycles. The summed E-state index contributed by atoms with van der Waals surface area (Å²) >= 11 is 0. The highest BCUT2D eigenvalue weighted by Gasteiger charge is 2.45. The van der Waals surface area contributed by atoms with E-state index in [-0.39, 0.29) is 18.3 Å². The summed E-state index contributed by atoms with van der Waals surface area (Å²) in [7, 11) is 1.68. The second-order valence-electron chi connectivity index (χ2n) is 7.20. The van der Waals surface area contributed by atoms with Gasteiger partial charge in [-0.05, 0) is 30.7 Å². The standard InChI is InChI=1S/C21H23FN2O3/c1-26-19-8-3-2-5-16(19)12-23-10-9-21(14-23)15-24(20(25)13-27-21)18-7-4-6-17(22)11-18/h2-8,11H,9-10,12-15H2,1H3. The molecule has 2 heterocycles. The Hall–Kier alpha value is -2.44. The van der Waals surface area contributed by atoms with Crippen molar-refractivity contribution in [2.45, 2.75) is 18.6 Å². The van der Waals surface area contributed by atoms with Gasteiger partial charge in [-0.15, -0.1) is 0 Å². The molecule has 142 valence electrons. The van der Waals surface area contributed by atoms with Crippen LogP contribution in [0.3, 0.4) is 0 Å². The van der Waals surface area contributed by atoms with Crippen LogP contribution in [0.1, 0.15) is 12.0 Å². The predicted molar refractivity (Wildman–Crippen MR) is 100 cm³/mol. The number of nitrogens with zero attached hydrogens (tertiary/aromatic N) is 2. The third-order valence-corrected chi connectivity index (χ3v) is 5.35. The average molecular weight is 370 g/mol. The zero-order chi connectivity index (χ0) is 18.9. The SMILES string of the molecule is COc1ccccc1CN1CCC2(C1)CN(c1cccc(F)c1)C(=O)CO2. The Morgan fingerprint density at radius 3 is 2.85 bits per heavy atom. The first-order valence-corrected chi connectivity index (χ1v) is 9.13. The first kappa shape index (κ1) is 17.9. The van der Waals surface area contributed by atoms with Crippen LogP contribution in [0.15, 0.2) is 48.5 Å². The first-order chi connectivity index (χ1) is 13.1. The minimum Gasteiger partial charge on any atom is -0.496 e. The maximum atomic E-state index is 13.6. The van der Waals surface area contributed by atoms with Crippen molar-refractivity contribution in [3.05, 3.63) is 59.9 Å². The fourth-order valence-electron chi connectivity index (χ4n) is 3.98. The van der Waals surface area contributed by atoms with Gasteiger partial charge in [0.15, 0.2) is 0 Å². The summed E-state index contributed by atoms with van der Waals surface area (Å²) in [5.74, 6) is 0.402. The quantitative estimate of drug-likeness (QED) is 0.830. The van der Waals surface area contributed by atoms with E-state index in [9.17, 15) is 9.18 Å². The number of para-hydroxylation sites is 1. The second-order valence-corrected chi connectivity index (χ2v) is 7.20. The summed E-state index contributed by atoms with van der Waals surface area (Å²) in [6.07, 6.45) is 0.835. The molecule has 2 aliphatic rings. The number of methoxy groups -OCH3 is 1. The molecule has 1 atom stereocenters. The predicted octanol–water partition coefficient (Wildman–Crippen LogP) is 2.84. The highest BCUT2D eigenvalue weighted by molar-refractivity contribution is 5.95. The molecule has 2 aromatic rings. The van der Waals surface area contributed by atoms with E-state index in [1.807, 2.05) is 18.2 Å². The van der Waals surface area contributed by atoms with Crippen LogP contribution >= 0.6 is 0 Å². The largest absolute Gasteiger partial charge is 0.496 e. The van der Waals surface area contributed by atoms with Crippen molar-refractivity contribution < 1.29 is 18.7 Å². The number of likely N-dealkylation sites (tertiary alicyclic amines) is 1. The van der Waals surface area contributed by atoms with Crippen molar-refractivity contribution >= 4 is 11.6 Å². The fourth-order valence-corrected chi connectivity index (χ4v) is 3.98. The van der Waals surface area contributed by atoms with E-state index in [0.717, 1.165) is 37.4 Å². The Morgan fingerprint density at radius 1 is 1.19 bits per heavy atom. The monoisotopic (exact) mass is 370 g/mol. The molecular weight excluding hydrogens is 347 g/mol. The summed E-state index contributed by atoms with van der Waals surface area (Å²) in [4.78, 5) is 16.3. The maximum absolute atomic E-state index is 13.6. The molecule has 1 unspecified atom stereocenters. The lowest BCUT2D eigenvalue weighted by molar-refractivity contribution is -0.137. The van der Waals surface area contributed by atoms with E-state index in [0.29, 0.717) is 12.2 Å². The molecule has 2 fully saturated rings. The van der Waals surface area contributed by atoms with E-state index in [2.05, 4.69) is 11.0 Å². The van der Waals surface area contributed by atoms with E-state index in [4.69, 9.17) is 9.47 Å². The number of morpholine rings is 1. The Labute approximate surface area is 158 Å². The number of ether oxygens (including phenoxy) is 2. The smallest absolute Gasteiger partial charge is 0.253 e. The molecule has 6 heteroatoms. The lowest BCUT2D eigenvalue weighted by Gasteiger charge is -2.40. The Balaban J connectivity index is 1.48. The molecule has 1 amide bonds. The van der Waals surface area contributed by atoms with Crippen LogP contribution in [-0.4, -0.2) is 49.8 Å². The molecule has 0 saturated carbocycles. The number of rotatable bonds is 4. The van der Waals surface area contributed by atoms with E-state index < -0.39 is 5.60 Å². The van der Waals surface area contributed by atoms with Gasteiger partial charge in [0.05, 0.1) is 13.7 Å². The van der Waals surface area contributed by atoms with Gasteiger partial charge in [-0.2, -0.15) is 0 Å². The van der Waals surface area contributed by atoms with Crippen LogP contribution < -0.4 is 9.64 Å². The molecule has 2 saturated heterocycles. The van der Waals surface area contributed by atoms with Crippen molar-refractivity contribution in [2.24, 2.45) is 0 Å². The summed E-state index contributed by atoms with van der Waals surface area (Å²) in [6, 6.07) is 14.2. The first-order valence-electron chi connectivity index (χ1n) is 9.13. The number of halogens is 1. The highest BCUT2D eigenvalue weighted by atomic mass is 19.1. The lowest BCUT2D eigenvalue weighted by Crippen LogP contribution is -2.56. The van der Waals surface area contributed by atoms with Gasteiger partial charge in [-0.3, -0.25) is 9.69 Å². The molecule has 4 rings (SSSR count). The van der Waals surface area contributed by atoms with Crippen LogP contribution in [0.5, 0.6) is 5.75 Å². The van der Waals surface area contributed by atoms with Crippen LogP contribution in [0, 0.1) is 5.82 Å². The molecule has 0 N–H and O–H groups in total. The zero-order valence-electron chi connectivity index (χ0n) is 15.4. The third-order valence-electron chi connectivity index (χ3n) is 5.35. The summed E-state index contributed by atoms with van der Waals surface area (Å²) < 4.78 is 25.0. The molecule has 1 spiro atoms. The van der Waals surface area contributed by atoms with Crippen LogP contribution in [0.2, 0.25) is 0 Å². The Bertz CT molecular complexity index is 844. The number of anilines is 1. The summed E-state index contributed by atoms with van der Waals surface area (Å²) in [5, 5.41) is 0. The van der Waals surface area contributed by atoms with Gasteiger partial charge >= 0.3 is 0 Å². The average Bonchev–Trinajstić information content (AvgIpc) is 3.07. The maximum Gasteiger partial charge on any atom is 0.253 e. The molecule has 0 aliphatic carbocycles. The van der Waals surface area contributed by atoms with Crippen LogP contribution in [0.25, 0.3) is 0 Å². The number of amides is 1. The van der Waals surface area contributed by atoms with Crippen molar-refractivity contribution in [3.8, 4) is 5.75 Å². The van der Waals surface area contributed by atoms with Gasteiger partial charge in [0.2, 0.25) is 0 Å².